The van der Waals surface area contributed by atoms with Crippen molar-refractivity contribution in [1.82, 2.24) is 0 Å². The van der Waals surface area contributed by atoms with Crippen molar-refractivity contribution in [3.05, 3.63) is 0 Å². The summed E-state index contributed by atoms with van der Waals surface area (Å²) < 4.78 is 12.0. The maximum absolute atomic E-state index is 12.0. The first-order valence-electron chi connectivity index (χ1n) is 2.42. The second-order valence-corrected chi connectivity index (χ2v) is 1.50. The minimum Gasteiger partial charge on any atom is -0.479 e. The van der Waals surface area contributed by atoms with E-state index in [4.69, 9.17) is 10.4 Å². The van der Waals surface area contributed by atoms with Crippen molar-refractivity contribution in [3.8, 4) is 6.07 Å². The van der Waals surface area contributed by atoms with Gasteiger partial charge in [0.15, 0.2) is 6.17 Å². The van der Waals surface area contributed by atoms with Gasteiger partial charge in [-0.3, -0.25) is 0 Å². The van der Waals surface area contributed by atoms with Crippen molar-refractivity contribution < 1.29 is 14.3 Å². The van der Waals surface area contributed by atoms with Crippen LogP contribution in [0.1, 0.15) is 12.8 Å². The van der Waals surface area contributed by atoms with Crippen LogP contribution >= 0.6 is 0 Å². The van der Waals surface area contributed by atoms with Crippen LogP contribution in [0, 0.1) is 11.3 Å². The predicted octanol–water partition coefficient (Wildman–Crippen LogP) is 0.713. The summed E-state index contributed by atoms with van der Waals surface area (Å²) in [5.74, 6) is -1.50. The van der Waals surface area contributed by atoms with E-state index in [2.05, 4.69) is 0 Å². The first-order chi connectivity index (χ1) is 4.18. The Morgan fingerprint density at radius 3 is 2.78 bits per heavy atom. The van der Waals surface area contributed by atoms with Crippen LogP contribution in [0.25, 0.3) is 0 Å². The number of hydrogen-bond donors (Lipinski definition) is 1. The van der Waals surface area contributed by atoms with Gasteiger partial charge in [-0.1, -0.05) is 0 Å². The van der Waals surface area contributed by atoms with Crippen LogP contribution in [0.5, 0.6) is 0 Å². The van der Waals surface area contributed by atoms with Crippen LogP contribution < -0.4 is 0 Å². The van der Waals surface area contributed by atoms with E-state index in [0.29, 0.717) is 0 Å². The second kappa shape index (κ2) is 3.84. The average molecular weight is 131 g/mol. The lowest BCUT2D eigenvalue weighted by Gasteiger charge is -1.95. The van der Waals surface area contributed by atoms with Crippen molar-refractivity contribution in [1.29, 1.82) is 5.26 Å². The molecule has 0 saturated heterocycles. The maximum Gasteiger partial charge on any atom is 0.338 e. The van der Waals surface area contributed by atoms with Gasteiger partial charge in [-0.25, -0.2) is 9.18 Å². The van der Waals surface area contributed by atoms with Gasteiger partial charge in [0.1, 0.15) is 0 Å². The van der Waals surface area contributed by atoms with Crippen LogP contribution in [0.4, 0.5) is 4.39 Å². The summed E-state index contributed by atoms with van der Waals surface area (Å²) in [6, 6.07) is 1.65. The van der Waals surface area contributed by atoms with E-state index in [1.54, 1.807) is 6.07 Å². The molecule has 0 amide bonds. The first kappa shape index (κ1) is 7.89. The van der Waals surface area contributed by atoms with E-state index in [0.717, 1.165) is 0 Å². The number of carboxylic acids is 1. The smallest absolute Gasteiger partial charge is 0.338 e. The second-order valence-electron chi connectivity index (χ2n) is 1.50. The summed E-state index contributed by atoms with van der Waals surface area (Å²) in [5.41, 5.74) is 0. The molecule has 0 fully saturated rings. The predicted molar refractivity (Wildman–Crippen MR) is 27.4 cm³/mol. The quantitative estimate of drug-likeness (QED) is 0.613. The lowest BCUT2D eigenvalue weighted by molar-refractivity contribution is -0.142. The molecule has 1 N–H and O–H groups in total. The molecule has 0 spiro atoms. The Kier molecular flexibility index (Phi) is 3.37. The summed E-state index contributed by atoms with van der Waals surface area (Å²) in [5, 5.41) is 15.8. The van der Waals surface area contributed by atoms with Crippen LogP contribution in [-0.4, -0.2) is 17.2 Å². The number of aliphatic carboxylic acids is 1. The SMILES string of the molecule is N#CCC[C@@H](F)C(=O)O. The van der Waals surface area contributed by atoms with Gasteiger partial charge in [0.2, 0.25) is 0 Å². The third kappa shape index (κ3) is 3.47. The Bertz CT molecular complexity index is 140. The highest BCUT2D eigenvalue weighted by molar-refractivity contribution is 5.71. The van der Waals surface area contributed by atoms with Crippen LogP contribution in [0.15, 0.2) is 0 Å². The molecule has 3 nitrogen and oxygen atoms in total. The van der Waals surface area contributed by atoms with E-state index >= 15 is 0 Å². The lowest BCUT2D eigenvalue weighted by Crippen LogP contribution is -2.13. The summed E-state index contributed by atoms with van der Waals surface area (Å²) in [4.78, 5) is 9.72. The number of hydrogen-bond acceptors (Lipinski definition) is 2. The summed E-state index contributed by atoms with van der Waals surface area (Å²) in [6.45, 7) is 0. The molecule has 50 valence electrons. The molecule has 9 heavy (non-hydrogen) atoms. The normalized spacial score (nSPS) is 12.0. The number of nitrogens with zero attached hydrogens (tertiary/aromatic N) is 1. The maximum atomic E-state index is 12.0. The Hall–Kier alpha value is -1.11. The highest BCUT2D eigenvalue weighted by Gasteiger charge is 2.13. The van der Waals surface area contributed by atoms with Crippen molar-refractivity contribution in [3.63, 3.8) is 0 Å². The Balaban J connectivity index is 3.41. The van der Waals surface area contributed by atoms with Crippen molar-refractivity contribution >= 4 is 5.97 Å². The fraction of sp³-hybridized carbons (Fsp3) is 0.600. The topological polar surface area (TPSA) is 61.1 Å². The molecule has 0 aliphatic rings. The van der Waals surface area contributed by atoms with Gasteiger partial charge in [0.05, 0.1) is 6.07 Å². The average Bonchev–Trinajstić information content (AvgIpc) is 1.82. The van der Waals surface area contributed by atoms with Gasteiger partial charge in [0.25, 0.3) is 0 Å². The third-order valence-electron chi connectivity index (χ3n) is 0.778. The number of alkyl halides is 1. The zero-order valence-electron chi connectivity index (χ0n) is 4.67. The fourth-order valence-electron chi connectivity index (χ4n) is 0.315. The van der Waals surface area contributed by atoms with E-state index in [1.807, 2.05) is 0 Å². The number of carbonyl (C=O) groups is 1. The molecule has 0 aromatic heterocycles. The monoisotopic (exact) mass is 131 g/mol. The van der Waals surface area contributed by atoms with Crippen molar-refractivity contribution in [2.45, 2.75) is 19.0 Å². The van der Waals surface area contributed by atoms with E-state index in [1.165, 1.54) is 0 Å². The van der Waals surface area contributed by atoms with Gasteiger partial charge in [0, 0.05) is 12.8 Å². The largest absolute Gasteiger partial charge is 0.479 e. The zero-order chi connectivity index (χ0) is 7.28. The van der Waals surface area contributed by atoms with E-state index in [-0.39, 0.29) is 12.8 Å². The molecule has 0 heterocycles. The third-order valence-corrected chi connectivity index (χ3v) is 0.778. The number of carboxylic acid groups (broad SMARTS) is 1. The molecule has 0 bridgehead atoms. The molecule has 0 aliphatic carbocycles. The Labute approximate surface area is 51.7 Å². The van der Waals surface area contributed by atoms with Crippen molar-refractivity contribution in [2.75, 3.05) is 0 Å². The molecule has 0 aromatic carbocycles. The highest BCUT2D eigenvalue weighted by atomic mass is 19.1. The van der Waals surface area contributed by atoms with Gasteiger partial charge in [-0.2, -0.15) is 5.26 Å². The number of halogens is 1. The molecule has 0 radical (unpaired) electrons. The molecule has 0 aromatic rings. The fourth-order valence-corrected chi connectivity index (χ4v) is 0.315. The summed E-state index contributed by atoms with van der Waals surface area (Å²) >= 11 is 0. The lowest BCUT2D eigenvalue weighted by atomic mass is 10.2. The summed E-state index contributed by atoms with van der Waals surface area (Å²) in [7, 11) is 0. The molecule has 0 unspecified atom stereocenters. The number of rotatable bonds is 3. The van der Waals surface area contributed by atoms with Crippen LogP contribution in [0.3, 0.4) is 0 Å². The van der Waals surface area contributed by atoms with E-state index in [9.17, 15) is 9.18 Å². The molecular weight excluding hydrogens is 125 g/mol. The van der Waals surface area contributed by atoms with Crippen LogP contribution in [-0.2, 0) is 4.79 Å². The first-order valence-corrected chi connectivity index (χ1v) is 2.42. The van der Waals surface area contributed by atoms with Crippen LogP contribution in [0.2, 0.25) is 0 Å². The van der Waals surface area contributed by atoms with Gasteiger partial charge in [-0.05, 0) is 0 Å². The molecule has 0 rings (SSSR count). The van der Waals surface area contributed by atoms with Crippen molar-refractivity contribution in [2.24, 2.45) is 0 Å². The molecule has 0 aliphatic heterocycles. The molecular formula is C5H6FNO2. The molecule has 4 heteroatoms. The van der Waals surface area contributed by atoms with Gasteiger partial charge in [-0.15, -0.1) is 0 Å². The Morgan fingerprint density at radius 1 is 1.89 bits per heavy atom. The highest BCUT2D eigenvalue weighted by Crippen LogP contribution is 1.99. The standard InChI is InChI=1S/C5H6FNO2/c6-4(5(8)9)2-1-3-7/h4H,1-2H2,(H,8,9)/t4-/m1/s1. The number of nitriles is 1. The molecule has 0 saturated carbocycles. The van der Waals surface area contributed by atoms with Gasteiger partial charge < -0.3 is 5.11 Å². The summed E-state index contributed by atoms with van der Waals surface area (Å²) in [6.07, 6.45) is -2.15. The molecule has 1 atom stereocenters. The zero-order valence-corrected chi connectivity index (χ0v) is 4.67. The van der Waals surface area contributed by atoms with Gasteiger partial charge >= 0.3 is 5.97 Å². The van der Waals surface area contributed by atoms with E-state index < -0.39 is 12.1 Å². The minimum atomic E-state index is -1.88. The minimum absolute atomic E-state index is 0.0481. The Morgan fingerprint density at radius 2 is 2.44 bits per heavy atom.